The number of hydrogen-bond acceptors (Lipinski definition) is 0. The van der Waals surface area contributed by atoms with Gasteiger partial charge >= 0.3 is 0 Å². The summed E-state index contributed by atoms with van der Waals surface area (Å²) in [6.45, 7) is 14.6. The molecule has 1 fully saturated rings. The normalized spacial score (nSPS) is 45.9. The lowest BCUT2D eigenvalue weighted by Crippen LogP contribution is -2.31. The molecule has 0 aromatic rings. The topological polar surface area (TPSA) is 0 Å². The van der Waals surface area contributed by atoms with Crippen LogP contribution in [-0.4, -0.2) is 0 Å². The highest BCUT2D eigenvalue weighted by Gasteiger charge is 2.47. The van der Waals surface area contributed by atoms with E-state index in [4.69, 9.17) is 0 Å². The molecule has 0 heteroatoms. The van der Waals surface area contributed by atoms with Crippen molar-refractivity contribution in [1.82, 2.24) is 0 Å². The van der Waals surface area contributed by atoms with E-state index < -0.39 is 0 Å². The van der Waals surface area contributed by atoms with Crippen LogP contribution in [0, 0.1) is 29.1 Å². The molecule has 1 aliphatic rings. The Bertz CT molecular complexity index is 171. The van der Waals surface area contributed by atoms with Gasteiger partial charge in [0.15, 0.2) is 0 Å². The second-order valence-corrected chi connectivity index (χ2v) is 5.74. The molecule has 0 aromatic heterocycles. The Labute approximate surface area is 84.1 Å². The lowest BCUT2D eigenvalue weighted by Gasteiger charge is -2.38. The second kappa shape index (κ2) is 3.63. The molecule has 0 aliphatic heterocycles. The Morgan fingerprint density at radius 2 is 1.85 bits per heavy atom. The Balaban J connectivity index is 2.89. The molecule has 1 aliphatic carbocycles. The lowest BCUT2D eigenvalue weighted by atomic mass is 9.67. The van der Waals surface area contributed by atoms with E-state index >= 15 is 0 Å². The summed E-state index contributed by atoms with van der Waals surface area (Å²) in [6.07, 6.45) is 2.79. The standard InChI is InChI=1S/C13H26/c1-7-13(6)11(5)8-10(4)12(13)9(2)3/h9-12H,7-8H2,1-6H3. The summed E-state index contributed by atoms with van der Waals surface area (Å²) in [5.41, 5.74) is 0.605. The monoisotopic (exact) mass is 182 g/mol. The molecule has 0 nitrogen and oxygen atoms in total. The highest BCUT2D eigenvalue weighted by molar-refractivity contribution is 4.96. The molecular weight excluding hydrogens is 156 g/mol. The van der Waals surface area contributed by atoms with Crippen molar-refractivity contribution in [3.8, 4) is 0 Å². The summed E-state index contributed by atoms with van der Waals surface area (Å²) in [5, 5.41) is 0. The zero-order chi connectivity index (χ0) is 10.2. The van der Waals surface area contributed by atoms with Gasteiger partial charge in [0.25, 0.3) is 0 Å². The molecule has 0 heterocycles. The van der Waals surface area contributed by atoms with Crippen LogP contribution in [0.25, 0.3) is 0 Å². The van der Waals surface area contributed by atoms with Crippen molar-refractivity contribution in [2.75, 3.05) is 0 Å². The van der Waals surface area contributed by atoms with E-state index in [1.807, 2.05) is 0 Å². The number of hydrogen-bond donors (Lipinski definition) is 0. The molecule has 78 valence electrons. The Morgan fingerprint density at radius 3 is 2.15 bits per heavy atom. The van der Waals surface area contributed by atoms with Crippen LogP contribution in [0.5, 0.6) is 0 Å². The highest BCUT2D eigenvalue weighted by Crippen LogP contribution is 2.55. The SMILES string of the molecule is CCC1(C)C(C)CC(C)C1C(C)C. The molecular formula is C13H26. The van der Waals surface area contributed by atoms with Crippen molar-refractivity contribution in [2.24, 2.45) is 29.1 Å². The third-order valence-electron chi connectivity index (χ3n) is 4.71. The van der Waals surface area contributed by atoms with E-state index in [9.17, 15) is 0 Å². The predicted molar refractivity (Wildman–Crippen MR) is 59.7 cm³/mol. The van der Waals surface area contributed by atoms with E-state index in [1.165, 1.54) is 12.8 Å². The van der Waals surface area contributed by atoms with Crippen LogP contribution < -0.4 is 0 Å². The van der Waals surface area contributed by atoms with Crippen molar-refractivity contribution < 1.29 is 0 Å². The summed E-state index contributed by atoms with van der Waals surface area (Å²) in [6, 6.07) is 0. The largest absolute Gasteiger partial charge is 0.0648 e. The third-order valence-corrected chi connectivity index (χ3v) is 4.71. The smallest absolute Gasteiger partial charge is 0.0269 e. The molecule has 0 bridgehead atoms. The molecule has 0 radical (unpaired) electrons. The van der Waals surface area contributed by atoms with Crippen LogP contribution in [0.2, 0.25) is 0 Å². The van der Waals surface area contributed by atoms with Crippen molar-refractivity contribution in [1.29, 1.82) is 0 Å². The van der Waals surface area contributed by atoms with Crippen LogP contribution in [0.3, 0.4) is 0 Å². The van der Waals surface area contributed by atoms with Gasteiger partial charge in [0.2, 0.25) is 0 Å². The van der Waals surface area contributed by atoms with Crippen LogP contribution >= 0.6 is 0 Å². The first-order chi connectivity index (χ1) is 5.93. The van der Waals surface area contributed by atoms with Crippen molar-refractivity contribution in [3.63, 3.8) is 0 Å². The average Bonchev–Trinajstić information content (AvgIpc) is 2.24. The maximum absolute atomic E-state index is 2.51. The molecule has 1 saturated carbocycles. The van der Waals surface area contributed by atoms with Gasteiger partial charge in [0.1, 0.15) is 0 Å². The van der Waals surface area contributed by atoms with Crippen molar-refractivity contribution >= 4 is 0 Å². The van der Waals surface area contributed by atoms with Gasteiger partial charge in [-0.05, 0) is 35.5 Å². The first-order valence-corrected chi connectivity index (χ1v) is 5.93. The summed E-state index contributed by atoms with van der Waals surface area (Å²) in [4.78, 5) is 0. The van der Waals surface area contributed by atoms with E-state index in [2.05, 4.69) is 41.5 Å². The Morgan fingerprint density at radius 1 is 1.31 bits per heavy atom. The van der Waals surface area contributed by atoms with Crippen LogP contribution in [0.15, 0.2) is 0 Å². The van der Waals surface area contributed by atoms with Gasteiger partial charge in [-0.3, -0.25) is 0 Å². The predicted octanol–water partition coefficient (Wildman–Crippen LogP) is 4.35. The van der Waals surface area contributed by atoms with Gasteiger partial charge in [0.05, 0.1) is 0 Å². The molecule has 13 heavy (non-hydrogen) atoms. The Hall–Kier alpha value is 0. The fraction of sp³-hybridized carbons (Fsp3) is 1.00. The van der Waals surface area contributed by atoms with E-state index in [0.29, 0.717) is 5.41 Å². The zero-order valence-corrected chi connectivity index (χ0v) is 10.2. The van der Waals surface area contributed by atoms with Gasteiger partial charge in [-0.1, -0.05) is 48.0 Å². The van der Waals surface area contributed by atoms with Gasteiger partial charge in [0, 0.05) is 0 Å². The summed E-state index contributed by atoms with van der Waals surface area (Å²) < 4.78 is 0. The van der Waals surface area contributed by atoms with Gasteiger partial charge in [-0.2, -0.15) is 0 Å². The lowest BCUT2D eigenvalue weighted by molar-refractivity contribution is 0.106. The molecule has 0 aromatic carbocycles. The van der Waals surface area contributed by atoms with Crippen LogP contribution in [0.1, 0.15) is 54.4 Å². The number of rotatable bonds is 2. The Kier molecular flexibility index (Phi) is 3.09. The zero-order valence-electron chi connectivity index (χ0n) is 10.2. The first kappa shape index (κ1) is 11.1. The summed E-state index contributed by atoms with van der Waals surface area (Å²) in [7, 11) is 0. The highest BCUT2D eigenvalue weighted by atomic mass is 14.5. The van der Waals surface area contributed by atoms with Gasteiger partial charge in [-0.25, -0.2) is 0 Å². The molecule has 0 spiro atoms. The molecule has 0 amide bonds. The summed E-state index contributed by atoms with van der Waals surface area (Å²) >= 11 is 0. The fourth-order valence-corrected chi connectivity index (χ4v) is 3.95. The molecule has 1 rings (SSSR count). The second-order valence-electron chi connectivity index (χ2n) is 5.74. The van der Waals surface area contributed by atoms with Crippen molar-refractivity contribution in [3.05, 3.63) is 0 Å². The maximum Gasteiger partial charge on any atom is -0.0269 e. The maximum atomic E-state index is 2.51. The van der Waals surface area contributed by atoms with E-state index in [1.54, 1.807) is 0 Å². The molecule has 0 saturated heterocycles. The minimum absolute atomic E-state index is 0.605. The average molecular weight is 182 g/mol. The summed E-state index contributed by atoms with van der Waals surface area (Å²) in [5.74, 6) is 3.64. The fourth-order valence-electron chi connectivity index (χ4n) is 3.95. The van der Waals surface area contributed by atoms with Gasteiger partial charge in [-0.15, -0.1) is 0 Å². The molecule has 0 N–H and O–H groups in total. The van der Waals surface area contributed by atoms with Crippen LogP contribution in [0.4, 0.5) is 0 Å². The molecule has 4 atom stereocenters. The minimum atomic E-state index is 0.605. The van der Waals surface area contributed by atoms with E-state index in [-0.39, 0.29) is 0 Å². The third kappa shape index (κ3) is 1.65. The first-order valence-electron chi connectivity index (χ1n) is 5.93. The van der Waals surface area contributed by atoms with Crippen molar-refractivity contribution in [2.45, 2.75) is 54.4 Å². The molecule has 4 unspecified atom stereocenters. The minimum Gasteiger partial charge on any atom is -0.0648 e. The quantitative estimate of drug-likeness (QED) is 0.595. The van der Waals surface area contributed by atoms with Crippen LogP contribution in [-0.2, 0) is 0 Å². The van der Waals surface area contributed by atoms with E-state index in [0.717, 1.165) is 23.7 Å². The van der Waals surface area contributed by atoms with Gasteiger partial charge < -0.3 is 0 Å².